The van der Waals surface area contributed by atoms with Gasteiger partial charge in [-0.05, 0) is 50.1 Å². The highest BCUT2D eigenvalue weighted by molar-refractivity contribution is 6.14. The Morgan fingerprint density at radius 2 is 2.04 bits per heavy atom. The van der Waals surface area contributed by atoms with Gasteiger partial charge in [0.15, 0.2) is 0 Å². The van der Waals surface area contributed by atoms with Crippen LogP contribution in [-0.4, -0.2) is 43.6 Å². The van der Waals surface area contributed by atoms with Crippen LogP contribution >= 0.6 is 0 Å². The fraction of sp³-hybridized carbons (Fsp3) is 0.400. The summed E-state index contributed by atoms with van der Waals surface area (Å²) in [6.07, 6.45) is 4.06. The predicted octanol–water partition coefficient (Wildman–Crippen LogP) is 3.09. The number of nitrogens with two attached hydrogens (primary N) is 1. The molecule has 138 valence electrons. The number of hydrogen-bond acceptors (Lipinski definition) is 6. The monoisotopic (exact) mass is 354 g/mol. The molecular weight excluding hydrogens is 328 g/mol. The van der Waals surface area contributed by atoms with E-state index in [0.29, 0.717) is 29.7 Å². The van der Waals surface area contributed by atoms with Crippen LogP contribution in [0.1, 0.15) is 30.9 Å². The largest absolute Gasteiger partial charge is 0.494 e. The summed E-state index contributed by atoms with van der Waals surface area (Å²) in [5.74, 6) is 1.61. The Morgan fingerprint density at radius 1 is 1.27 bits per heavy atom. The fourth-order valence-corrected chi connectivity index (χ4v) is 3.23. The topological polar surface area (TPSA) is 84.5 Å². The maximum atomic E-state index is 8.61. The van der Waals surface area contributed by atoms with Gasteiger partial charge in [-0.2, -0.15) is 0 Å². The number of anilines is 2. The molecule has 26 heavy (non-hydrogen) atoms. The second-order valence-corrected chi connectivity index (χ2v) is 6.38. The highest BCUT2D eigenvalue weighted by atomic mass is 16.5. The zero-order chi connectivity index (χ0) is 18.5. The molecule has 0 aliphatic carbocycles. The highest BCUT2D eigenvalue weighted by Gasteiger charge is 2.20. The summed E-state index contributed by atoms with van der Waals surface area (Å²) in [6, 6.07) is 9.24. The van der Waals surface area contributed by atoms with E-state index >= 15 is 0 Å². The van der Waals surface area contributed by atoms with Crippen LogP contribution in [0.15, 0.2) is 36.5 Å². The van der Waals surface area contributed by atoms with Gasteiger partial charge in [0.1, 0.15) is 11.6 Å². The smallest absolute Gasteiger partial charge is 0.129 e. The lowest BCUT2D eigenvalue weighted by molar-refractivity contribution is 0.0818. The molecule has 0 amide bonds. The van der Waals surface area contributed by atoms with E-state index in [1.54, 1.807) is 19.4 Å². The third-order valence-electron chi connectivity index (χ3n) is 4.74. The van der Waals surface area contributed by atoms with Crippen molar-refractivity contribution in [3.05, 3.63) is 47.7 Å². The average Bonchev–Trinajstić information content (AvgIpc) is 2.69. The van der Waals surface area contributed by atoms with Gasteiger partial charge in [-0.15, -0.1) is 0 Å². The number of piperidine rings is 1. The molecule has 0 atom stereocenters. The molecule has 1 aromatic heterocycles. The summed E-state index contributed by atoms with van der Waals surface area (Å²) in [4.78, 5) is 6.73. The van der Waals surface area contributed by atoms with E-state index in [0.717, 1.165) is 43.1 Å². The van der Waals surface area contributed by atoms with Crippen molar-refractivity contribution in [2.75, 3.05) is 37.4 Å². The molecule has 6 nitrogen and oxygen atoms in total. The predicted molar refractivity (Wildman–Crippen MR) is 104 cm³/mol. The first-order valence-electron chi connectivity index (χ1n) is 8.97. The zero-order valence-electron chi connectivity index (χ0n) is 15.4. The third kappa shape index (κ3) is 3.96. The molecule has 3 N–H and O–H groups in total. The molecule has 0 unspecified atom stereocenters. The lowest BCUT2D eigenvalue weighted by atomic mass is 10.0. The van der Waals surface area contributed by atoms with Crippen molar-refractivity contribution < 1.29 is 9.47 Å². The minimum Gasteiger partial charge on any atom is -0.494 e. The van der Waals surface area contributed by atoms with Crippen molar-refractivity contribution in [3.63, 3.8) is 0 Å². The number of aromatic nitrogens is 1. The Morgan fingerprint density at radius 3 is 2.73 bits per heavy atom. The summed E-state index contributed by atoms with van der Waals surface area (Å²) >= 11 is 0. The minimum absolute atomic E-state index is 0.328. The van der Waals surface area contributed by atoms with Crippen LogP contribution in [0, 0.1) is 5.41 Å². The van der Waals surface area contributed by atoms with Gasteiger partial charge < -0.3 is 20.1 Å². The lowest BCUT2D eigenvalue weighted by Gasteiger charge is -2.32. The molecule has 1 aromatic carbocycles. The summed E-state index contributed by atoms with van der Waals surface area (Å²) in [7, 11) is 1.77. The number of nitrogens with one attached hydrogen (secondary N) is 1. The maximum absolute atomic E-state index is 8.61. The van der Waals surface area contributed by atoms with Crippen LogP contribution < -0.4 is 15.4 Å². The quantitative estimate of drug-likeness (QED) is 0.615. The lowest BCUT2D eigenvalue weighted by Crippen LogP contribution is -2.37. The first-order chi connectivity index (χ1) is 12.6. The molecule has 1 saturated heterocycles. The third-order valence-corrected chi connectivity index (χ3v) is 4.74. The summed E-state index contributed by atoms with van der Waals surface area (Å²) in [6.45, 7) is 4.32. The summed E-state index contributed by atoms with van der Waals surface area (Å²) in [5, 5.41) is 8.61. The Hall–Kier alpha value is -2.60. The van der Waals surface area contributed by atoms with Gasteiger partial charge in [-0.25, -0.2) is 4.98 Å². The second kappa shape index (κ2) is 8.19. The minimum atomic E-state index is 0.328. The average molecular weight is 354 g/mol. The Labute approximate surface area is 154 Å². The van der Waals surface area contributed by atoms with Crippen molar-refractivity contribution in [3.8, 4) is 5.75 Å². The van der Waals surface area contributed by atoms with Gasteiger partial charge in [0.2, 0.25) is 0 Å². The molecular formula is C20H26N4O2. The van der Waals surface area contributed by atoms with Crippen LogP contribution in [0.2, 0.25) is 0 Å². The molecule has 1 aliphatic rings. The van der Waals surface area contributed by atoms with Crippen LogP contribution in [0.3, 0.4) is 0 Å². The van der Waals surface area contributed by atoms with Crippen molar-refractivity contribution in [2.24, 2.45) is 0 Å². The van der Waals surface area contributed by atoms with Crippen LogP contribution in [-0.2, 0) is 4.74 Å². The fourth-order valence-electron chi connectivity index (χ4n) is 3.23. The van der Waals surface area contributed by atoms with Crippen molar-refractivity contribution in [1.29, 1.82) is 5.41 Å². The number of ether oxygens (including phenoxy) is 2. The van der Waals surface area contributed by atoms with Crippen molar-refractivity contribution in [2.45, 2.75) is 25.9 Å². The van der Waals surface area contributed by atoms with Gasteiger partial charge in [0.05, 0.1) is 18.4 Å². The number of hydrogen-bond donors (Lipinski definition) is 2. The van der Waals surface area contributed by atoms with Gasteiger partial charge in [0, 0.05) is 43.2 Å². The molecule has 6 heteroatoms. The first kappa shape index (κ1) is 18.2. The van der Waals surface area contributed by atoms with Crippen LogP contribution in [0.4, 0.5) is 11.5 Å². The van der Waals surface area contributed by atoms with Crippen LogP contribution in [0.25, 0.3) is 0 Å². The molecule has 0 spiro atoms. The SMILES string of the molecule is CCOc1ccc(N)c(C(=N)c2ccnc(N3CCC(OC)CC3)c2)c1. The number of pyridine rings is 1. The number of rotatable bonds is 6. The molecule has 3 rings (SSSR count). The number of nitrogen functional groups attached to an aromatic ring is 1. The highest BCUT2D eigenvalue weighted by Crippen LogP contribution is 2.25. The van der Waals surface area contributed by atoms with Gasteiger partial charge in [-0.3, -0.25) is 5.41 Å². The molecule has 1 aliphatic heterocycles. The maximum Gasteiger partial charge on any atom is 0.129 e. The number of nitrogens with zero attached hydrogens (tertiary/aromatic N) is 2. The summed E-state index contributed by atoms with van der Waals surface area (Å²) in [5.41, 5.74) is 8.51. The number of methoxy groups -OCH3 is 1. The molecule has 0 saturated carbocycles. The van der Waals surface area contributed by atoms with Gasteiger partial charge >= 0.3 is 0 Å². The standard InChI is InChI=1S/C20H26N4O2/c1-3-26-16-4-5-18(21)17(13-16)20(22)14-6-9-23-19(12-14)24-10-7-15(25-2)8-11-24/h4-6,9,12-13,15,22H,3,7-8,10-11,21H2,1-2H3. The Kier molecular flexibility index (Phi) is 5.73. The van der Waals surface area contributed by atoms with Gasteiger partial charge in [-0.1, -0.05) is 0 Å². The van der Waals surface area contributed by atoms with E-state index in [2.05, 4.69) is 9.88 Å². The van der Waals surface area contributed by atoms with Gasteiger partial charge in [0.25, 0.3) is 0 Å². The summed E-state index contributed by atoms with van der Waals surface area (Å²) < 4.78 is 11.0. The molecule has 0 bridgehead atoms. The Bertz CT molecular complexity index is 770. The second-order valence-electron chi connectivity index (χ2n) is 6.38. The van der Waals surface area contributed by atoms with Crippen molar-refractivity contribution in [1.82, 2.24) is 4.98 Å². The zero-order valence-corrected chi connectivity index (χ0v) is 15.4. The molecule has 2 aromatic rings. The normalized spacial score (nSPS) is 15.1. The first-order valence-corrected chi connectivity index (χ1v) is 8.97. The molecule has 2 heterocycles. The van der Waals surface area contributed by atoms with E-state index < -0.39 is 0 Å². The van der Waals surface area contributed by atoms with Crippen molar-refractivity contribution >= 4 is 17.2 Å². The van der Waals surface area contributed by atoms with Crippen LogP contribution in [0.5, 0.6) is 5.75 Å². The van der Waals surface area contributed by atoms with E-state index in [1.165, 1.54) is 0 Å². The Balaban J connectivity index is 1.82. The van der Waals surface area contributed by atoms with E-state index in [-0.39, 0.29) is 0 Å². The van der Waals surface area contributed by atoms with E-state index in [1.807, 2.05) is 31.2 Å². The molecule has 1 fully saturated rings. The van der Waals surface area contributed by atoms with E-state index in [4.69, 9.17) is 20.6 Å². The van der Waals surface area contributed by atoms with E-state index in [9.17, 15) is 0 Å². The number of benzene rings is 1. The molecule has 0 radical (unpaired) electrons.